The number of halogens is 5. The second-order valence-corrected chi connectivity index (χ2v) is 12.1. The van der Waals surface area contributed by atoms with Crippen molar-refractivity contribution in [3.05, 3.63) is 178 Å². The minimum absolute atomic E-state index is 0.560. The van der Waals surface area contributed by atoms with Crippen LogP contribution in [0.4, 0.5) is 22.0 Å². The van der Waals surface area contributed by atoms with E-state index in [1.54, 1.807) is 0 Å². The predicted octanol–water partition coefficient (Wildman–Crippen LogP) is 6.80. The fourth-order valence-electron chi connectivity index (χ4n) is 5.61. The monoisotopic (exact) mass is 790 g/mol. The average Bonchev–Trinajstić information content (AvgIpc) is 3.19. The highest BCUT2D eigenvalue weighted by Gasteiger charge is 2.55. The Kier molecular flexibility index (Phi) is 12.3. The maximum absolute atomic E-state index is 14.9. The molecule has 5 unspecified atom stereocenters. The Balaban J connectivity index is 1.47. The molecule has 0 amide bonds. The maximum Gasteiger partial charge on any atom is 0.343 e. The van der Waals surface area contributed by atoms with Crippen LogP contribution in [0.25, 0.3) is 0 Å². The summed E-state index contributed by atoms with van der Waals surface area (Å²) in [6.45, 7) is -1.03. The summed E-state index contributed by atoms with van der Waals surface area (Å²) in [4.78, 5) is 67.2. The van der Waals surface area contributed by atoms with E-state index < -0.39 is 124 Å². The van der Waals surface area contributed by atoms with Crippen molar-refractivity contribution in [1.29, 1.82) is 0 Å². The molecule has 1 aliphatic heterocycles. The molecule has 0 spiro atoms. The molecule has 5 aromatic rings. The highest BCUT2D eigenvalue weighted by Crippen LogP contribution is 2.33. The fourth-order valence-corrected chi connectivity index (χ4v) is 5.61. The zero-order chi connectivity index (χ0) is 40.6. The predicted molar refractivity (Wildman–Crippen MR) is 184 cm³/mol. The normalized spacial score (nSPS) is 18.8. The molecule has 5 aromatic carbocycles. The third-order valence-electron chi connectivity index (χ3n) is 8.39. The molecule has 16 heteroatoms. The molecule has 1 saturated heterocycles. The lowest BCUT2D eigenvalue weighted by Gasteiger charge is -2.43. The minimum atomic E-state index is -2.30. The van der Waals surface area contributed by atoms with Gasteiger partial charge in [-0.25, -0.2) is 45.9 Å². The van der Waals surface area contributed by atoms with Gasteiger partial charge >= 0.3 is 29.8 Å². The van der Waals surface area contributed by atoms with Gasteiger partial charge in [0, 0.05) is 0 Å². The summed E-state index contributed by atoms with van der Waals surface area (Å²) in [7, 11) is 0. The molecular weight excluding hydrogens is 763 g/mol. The van der Waals surface area contributed by atoms with E-state index in [0.717, 1.165) is 60.7 Å². The van der Waals surface area contributed by atoms with Crippen molar-refractivity contribution in [2.45, 2.75) is 30.7 Å². The molecule has 0 N–H and O–H groups in total. The lowest BCUT2D eigenvalue weighted by atomic mass is 9.97. The van der Waals surface area contributed by atoms with Crippen molar-refractivity contribution in [2.75, 3.05) is 6.61 Å². The van der Waals surface area contributed by atoms with E-state index in [-0.39, 0.29) is 0 Å². The third-order valence-corrected chi connectivity index (χ3v) is 8.39. The van der Waals surface area contributed by atoms with Gasteiger partial charge in [-0.2, -0.15) is 0 Å². The molecule has 0 aromatic heterocycles. The largest absolute Gasteiger partial charge is 0.459 e. The van der Waals surface area contributed by atoms with Crippen LogP contribution in [0.1, 0.15) is 51.8 Å². The van der Waals surface area contributed by atoms with Crippen LogP contribution in [-0.2, 0) is 28.4 Å². The van der Waals surface area contributed by atoms with Gasteiger partial charge in [-0.05, 0) is 60.7 Å². The maximum atomic E-state index is 14.9. The molecule has 0 radical (unpaired) electrons. The summed E-state index contributed by atoms with van der Waals surface area (Å²) in [6.07, 6.45) is -10.9. The van der Waals surface area contributed by atoms with E-state index in [1.807, 2.05) is 0 Å². The fraction of sp³-hybridized carbons (Fsp3) is 0.146. The van der Waals surface area contributed by atoms with Gasteiger partial charge in [-0.15, -0.1) is 0 Å². The molecule has 292 valence electrons. The molecule has 57 heavy (non-hydrogen) atoms. The van der Waals surface area contributed by atoms with Gasteiger partial charge in [0.15, 0.2) is 12.2 Å². The number of carbonyl (C=O) groups is 5. The highest BCUT2D eigenvalue weighted by molar-refractivity contribution is 5.92. The van der Waals surface area contributed by atoms with Crippen molar-refractivity contribution >= 4 is 29.8 Å². The molecular formula is C41H27F5O11. The number of benzene rings is 5. The van der Waals surface area contributed by atoms with Gasteiger partial charge in [0.2, 0.25) is 12.4 Å². The molecule has 1 fully saturated rings. The van der Waals surface area contributed by atoms with Crippen LogP contribution in [0.15, 0.2) is 121 Å². The Bertz CT molecular complexity index is 2320. The minimum Gasteiger partial charge on any atom is -0.459 e. The van der Waals surface area contributed by atoms with Gasteiger partial charge in [0.05, 0.1) is 27.8 Å². The third kappa shape index (κ3) is 9.13. The summed E-state index contributed by atoms with van der Waals surface area (Å²) in [6, 6.07) is 22.4. The van der Waals surface area contributed by atoms with Crippen LogP contribution in [-0.4, -0.2) is 67.2 Å². The van der Waals surface area contributed by atoms with E-state index in [0.29, 0.717) is 0 Å². The number of carbonyl (C=O) groups excluding carboxylic acids is 5. The summed E-state index contributed by atoms with van der Waals surface area (Å²) in [5, 5.41) is 0. The second-order valence-electron chi connectivity index (χ2n) is 12.1. The van der Waals surface area contributed by atoms with Crippen LogP contribution in [0.3, 0.4) is 0 Å². The lowest BCUT2D eigenvalue weighted by Crippen LogP contribution is -2.63. The number of rotatable bonds is 11. The summed E-state index contributed by atoms with van der Waals surface area (Å²) in [5.41, 5.74) is -3.31. The average molecular weight is 791 g/mol. The van der Waals surface area contributed by atoms with E-state index in [9.17, 15) is 45.9 Å². The number of esters is 5. The quantitative estimate of drug-likeness (QED) is 0.0793. The number of hydrogen-bond donors (Lipinski definition) is 0. The molecule has 5 atom stereocenters. The standard InChI is InChI=1S/C41H27F5O11/c42-27-16-6-1-11-22(27)36(47)52-21-32-33(54-37(48)23-12-2-7-17-28(23)43)34(55-38(49)24-13-3-8-18-29(24)44)35(56-39(50)25-14-4-9-19-30(25)45)41(53-32)57-40(51)26-15-5-10-20-31(26)46/h1-20,32-35,41H,21H2. The summed E-state index contributed by atoms with van der Waals surface area (Å²) in [5.74, 6) is -12.5. The van der Waals surface area contributed by atoms with E-state index in [2.05, 4.69) is 0 Å². The summed E-state index contributed by atoms with van der Waals surface area (Å²) < 4.78 is 107. The zero-order valence-corrected chi connectivity index (χ0v) is 29.0. The lowest BCUT2D eigenvalue weighted by molar-refractivity contribution is -0.283. The first-order chi connectivity index (χ1) is 27.4. The summed E-state index contributed by atoms with van der Waals surface area (Å²) >= 11 is 0. The van der Waals surface area contributed by atoms with Crippen LogP contribution in [0.5, 0.6) is 0 Å². The van der Waals surface area contributed by atoms with Crippen LogP contribution in [0.2, 0.25) is 0 Å². The zero-order valence-electron chi connectivity index (χ0n) is 29.0. The Morgan fingerprint density at radius 3 is 1.07 bits per heavy atom. The Hall–Kier alpha value is -6.94. The van der Waals surface area contributed by atoms with Crippen LogP contribution in [0, 0.1) is 29.1 Å². The first kappa shape index (κ1) is 39.7. The smallest absolute Gasteiger partial charge is 0.343 e. The topological polar surface area (TPSA) is 141 Å². The molecule has 1 heterocycles. The van der Waals surface area contributed by atoms with Crippen LogP contribution < -0.4 is 0 Å². The van der Waals surface area contributed by atoms with Gasteiger partial charge in [0.1, 0.15) is 41.8 Å². The SMILES string of the molecule is O=C(OCC1OC(OC(=O)c2ccccc2F)C(OC(=O)c2ccccc2F)C(OC(=O)c2ccccc2F)C1OC(=O)c1ccccc1F)c1ccccc1F. The van der Waals surface area contributed by atoms with Gasteiger partial charge in [-0.3, -0.25) is 0 Å². The van der Waals surface area contributed by atoms with Crippen molar-refractivity contribution in [3.8, 4) is 0 Å². The number of hydrogen-bond acceptors (Lipinski definition) is 11. The second kappa shape index (κ2) is 17.7. The highest BCUT2D eigenvalue weighted by atomic mass is 19.1. The molecule has 0 aliphatic carbocycles. The Labute approximate surface area is 319 Å². The Morgan fingerprint density at radius 2 is 0.702 bits per heavy atom. The van der Waals surface area contributed by atoms with Crippen LogP contribution >= 0.6 is 0 Å². The first-order valence-electron chi connectivity index (χ1n) is 16.8. The van der Waals surface area contributed by atoms with Crippen molar-refractivity contribution in [3.63, 3.8) is 0 Å². The van der Waals surface area contributed by atoms with Gasteiger partial charge in [0.25, 0.3) is 0 Å². The molecule has 0 saturated carbocycles. The van der Waals surface area contributed by atoms with Crippen molar-refractivity contribution < 1.29 is 74.3 Å². The molecule has 11 nitrogen and oxygen atoms in total. The van der Waals surface area contributed by atoms with Gasteiger partial charge in [-0.1, -0.05) is 60.7 Å². The number of ether oxygens (including phenoxy) is 6. The molecule has 1 aliphatic rings. The van der Waals surface area contributed by atoms with E-state index in [4.69, 9.17) is 28.4 Å². The van der Waals surface area contributed by atoms with E-state index >= 15 is 0 Å². The van der Waals surface area contributed by atoms with E-state index in [1.165, 1.54) is 60.7 Å². The van der Waals surface area contributed by atoms with Crippen molar-refractivity contribution in [2.24, 2.45) is 0 Å². The molecule has 6 rings (SSSR count). The van der Waals surface area contributed by atoms with Gasteiger partial charge < -0.3 is 28.4 Å². The Morgan fingerprint density at radius 1 is 0.404 bits per heavy atom. The first-order valence-corrected chi connectivity index (χ1v) is 16.8. The van der Waals surface area contributed by atoms with Crippen molar-refractivity contribution in [1.82, 2.24) is 0 Å². The molecule has 0 bridgehead atoms.